The minimum absolute atomic E-state index is 0.00893. The predicted molar refractivity (Wildman–Crippen MR) is 95.0 cm³/mol. The third kappa shape index (κ3) is 4.93. The first-order valence-electron chi connectivity index (χ1n) is 7.69. The van der Waals surface area contributed by atoms with Crippen LogP contribution in [-0.2, 0) is 10.0 Å². The maximum Gasteiger partial charge on any atom is 0.258 e. The van der Waals surface area contributed by atoms with Gasteiger partial charge in [0.1, 0.15) is 11.6 Å². The van der Waals surface area contributed by atoms with Crippen LogP contribution >= 0.6 is 0 Å². The molecule has 8 heteroatoms. The average Bonchev–Trinajstić information content (AvgIpc) is 2.58. The van der Waals surface area contributed by atoms with Crippen LogP contribution in [0.2, 0.25) is 0 Å². The SMILES string of the molecule is CCOc1ccccc1NC(=O)c1cc(F)ccc1NS(=O)(=O)CC. The fourth-order valence-corrected chi connectivity index (χ4v) is 2.73. The van der Waals surface area contributed by atoms with Gasteiger partial charge in [0, 0.05) is 0 Å². The van der Waals surface area contributed by atoms with Crippen molar-refractivity contribution in [1.82, 2.24) is 0 Å². The van der Waals surface area contributed by atoms with Crippen molar-refractivity contribution in [3.8, 4) is 5.75 Å². The number of carbonyl (C=O) groups excluding carboxylic acids is 1. The second-order valence-electron chi connectivity index (χ2n) is 5.08. The number of ether oxygens (including phenoxy) is 1. The normalized spacial score (nSPS) is 11.0. The molecule has 0 bridgehead atoms. The zero-order valence-electron chi connectivity index (χ0n) is 13.9. The fourth-order valence-electron chi connectivity index (χ4n) is 2.07. The molecule has 0 aromatic heterocycles. The molecule has 0 aliphatic heterocycles. The molecule has 0 aliphatic rings. The molecule has 6 nitrogen and oxygen atoms in total. The van der Waals surface area contributed by atoms with E-state index in [1.165, 1.54) is 13.0 Å². The molecule has 0 fully saturated rings. The fraction of sp³-hybridized carbons (Fsp3) is 0.235. The molecule has 0 heterocycles. The van der Waals surface area contributed by atoms with Gasteiger partial charge in [-0.25, -0.2) is 12.8 Å². The number of carbonyl (C=O) groups is 1. The summed E-state index contributed by atoms with van der Waals surface area (Å²) in [6.07, 6.45) is 0. The topological polar surface area (TPSA) is 84.5 Å². The zero-order valence-corrected chi connectivity index (χ0v) is 14.7. The lowest BCUT2D eigenvalue weighted by molar-refractivity contribution is 0.102. The van der Waals surface area contributed by atoms with Crippen LogP contribution in [0, 0.1) is 5.82 Å². The summed E-state index contributed by atoms with van der Waals surface area (Å²) < 4.78 is 44.8. The first-order chi connectivity index (χ1) is 11.9. The second kappa shape index (κ2) is 7.98. The molecule has 0 radical (unpaired) electrons. The smallest absolute Gasteiger partial charge is 0.258 e. The molecule has 2 aromatic carbocycles. The number of amides is 1. The lowest BCUT2D eigenvalue weighted by Crippen LogP contribution is -2.20. The average molecular weight is 366 g/mol. The number of anilines is 2. The third-order valence-corrected chi connectivity index (χ3v) is 4.60. The van der Waals surface area contributed by atoms with Crippen molar-refractivity contribution in [2.75, 3.05) is 22.4 Å². The highest BCUT2D eigenvalue weighted by Gasteiger charge is 2.18. The molecule has 2 N–H and O–H groups in total. The van der Waals surface area contributed by atoms with Crippen LogP contribution in [0.15, 0.2) is 42.5 Å². The zero-order chi connectivity index (χ0) is 18.4. The van der Waals surface area contributed by atoms with Gasteiger partial charge >= 0.3 is 0 Å². The first kappa shape index (κ1) is 18.7. The third-order valence-electron chi connectivity index (χ3n) is 3.31. The van der Waals surface area contributed by atoms with E-state index < -0.39 is 21.7 Å². The van der Waals surface area contributed by atoms with Crippen molar-refractivity contribution in [3.63, 3.8) is 0 Å². The van der Waals surface area contributed by atoms with Gasteiger partial charge in [-0.3, -0.25) is 9.52 Å². The van der Waals surface area contributed by atoms with Crippen molar-refractivity contribution in [1.29, 1.82) is 0 Å². The second-order valence-corrected chi connectivity index (χ2v) is 7.09. The molecule has 0 aliphatic carbocycles. The van der Waals surface area contributed by atoms with E-state index in [1.54, 1.807) is 24.3 Å². The van der Waals surface area contributed by atoms with E-state index in [0.717, 1.165) is 12.1 Å². The summed E-state index contributed by atoms with van der Waals surface area (Å²) in [6.45, 7) is 3.68. The summed E-state index contributed by atoms with van der Waals surface area (Å²) in [7, 11) is -3.61. The highest BCUT2D eigenvalue weighted by Crippen LogP contribution is 2.26. The molecular weight excluding hydrogens is 347 g/mol. The maximum atomic E-state index is 13.6. The van der Waals surface area contributed by atoms with Gasteiger partial charge in [-0.15, -0.1) is 0 Å². The van der Waals surface area contributed by atoms with E-state index in [-0.39, 0.29) is 17.0 Å². The molecule has 0 saturated heterocycles. The molecule has 0 unspecified atom stereocenters. The van der Waals surface area contributed by atoms with Gasteiger partial charge in [0.25, 0.3) is 5.91 Å². The van der Waals surface area contributed by atoms with E-state index in [4.69, 9.17) is 4.74 Å². The van der Waals surface area contributed by atoms with Gasteiger partial charge in [0.05, 0.1) is 29.3 Å². The highest BCUT2D eigenvalue weighted by molar-refractivity contribution is 7.92. The largest absolute Gasteiger partial charge is 0.492 e. The van der Waals surface area contributed by atoms with Crippen LogP contribution in [0.1, 0.15) is 24.2 Å². The number of benzene rings is 2. The Kier molecular flexibility index (Phi) is 5.97. The summed E-state index contributed by atoms with van der Waals surface area (Å²) in [6, 6.07) is 10.1. The number of hydrogen-bond donors (Lipinski definition) is 2. The van der Waals surface area contributed by atoms with Gasteiger partial charge in [0.2, 0.25) is 10.0 Å². The molecule has 0 spiro atoms. The predicted octanol–water partition coefficient (Wildman–Crippen LogP) is 3.24. The quantitative estimate of drug-likeness (QED) is 0.788. The number of nitrogens with one attached hydrogen (secondary N) is 2. The summed E-state index contributed by atoms with van der Waals surface area (Å²) in [5.74, 6) is -1.01. The Morgan fingerprint density at radius 1 is 1.12 bits per heavy atom. The van der Waals surface area contributed by atoms with E-state index in [2.05, 4.69) is 10.0 Å². The van der Waals surface area contributed by atoms with E-state index >= 15 is 0 Å². The van der Waals surface area contributed by atoms with Crippen molar-refractivity contribution < 1.29 is 22.3 Å². The van der Waals surface area contributed by atoms with Crippen LogP contribution in [0.4, 0.5) is 15.8 Å². The van der Waals surface area contributed by atoms with Crippen LogP contribution < -0.4 is 14.8 Å². The molecule has 0 atom stereocenters. The minimum Gasteiger partial charge on any atom is -0.492 e. The van der Waals surface area contributed by atoms with Gasteiger partial charge in [-0.05, 0) is 44.2 Å². The minimum atomic E-state index is -3.61. The summed E-state index contributed by atoms with van der Waals surface area (Å²) in [5.41, 5.74) is 0.292. The highest BCUT2D eigenvalue weighted by atomic mass is 32.2. The maximum absolute atomic E-state index is 13.6. The Hall–Kier alpha value is -2.61. The Labute approximate surface area is 146 Å². The van der Waals surface area contributed by atoms with Gasteiger partial charge < -0.3 is 10.1 Å². The Morgan fingerprint density at radius 3 is 2.52 bits per heavy atom. The van der Waals surface area contributed by atoms with Crippen molar-refractivity contribution in [3.05, 3.63) is 53.8 Å². The monoisotopic (exact) mass is 366 g/mol. The van der Waals surface area contributed by atoms with Crippen LogP contribution in [-0.4, -0.2) is 26.7 Å². The van der Waals surface area contributed by atoms with Crippen LogP contribution in [0.25, 0.3) is 0 Å². The van der Waals surface area contributed by atoms with E-state index in [0.29, 0.717) is 18.0 Å². The lowest BCUT2D eigenvalue weighted by atomic mass is 10.1. The van der Waals surface area contributed by atoms with Crippen molar-refractivity contribution >= 4 is 27.3 Å². The summed E-state index contributed by atoms with van der Waals surface area (Å²) in [4.78, 5) is 12.5. The number of sulfonamides is 1. The standard InChI is InChI=1S/C17H19FN2O4S/c1-3-24-16-8-6-5-7-15(16)19-17(21)13-11-12(18)9-10-14(13)20-25(22,23)4-2/h5-11,20H,3-4H2,1-2H3,(H,19,21). The van der Waals surface area contributed by atoms with Gasteiger partial charge in [-0.2, -0.15) is 0 Å². The van der Waals surface area contributed by atoms with Gasteiger partial charge in [0.15, 0.2) is 0 Å². The number of hydrogen-bond acceptors (Lipinski definition) is 4. The van der Waals surface area contributed by atoms with Crippen molar-refractivity contribution in [2.45, 2.75) is 13.8 Å². The van der Waals surface area contributed by atoms with E-state index in [9.17, 15) is 17.6 Å². The van der Waals surface area contributed by atoms with E-state index in [1.807, 2.05) is 6.92 Å². The molecule has 25 heavy (non-hydrogen) atoms. The number of rotatable bonds is 7. The lowest BCUT2D eigenvalue weighted by Gasteiger charge is -2.14. The number of halogens is 1. The Morgan fingerprint density at radius 2 is 1.84 bits per heavy atom. The Balaban J connectivity index is 2.35. The van der Waals surface area contributed by atoms with Crippen molar-refractivity contribution in [2.24, 2.45) is 0 Å². The molecule has 1 amide bonds. The molecule has 134 valence electrons. The summed E-state index contributed by atoms with van der Waals surface area (Å²) in [5, 5.41) is 2.62. The Bertz CT molecular complexity index is 869. The van der Waals surface area contributed by atoms with Crippen LogP contribution in [0.5, 0.6) is 5.75 Å². The molecule has 2 rings (SSSR count). The number of para-hydroxylation sites is 2. The first-order valence-corrected chi connectivity index (χ1v) is 9.34. The van der Waals surface area contributed by atoms with Crippen LogP contribution in [0.3, 0.4) is 0 Å². The van der Waals surface area contributed by atoms with Gasteiger partial charge in [-0.1, -0.05) is 12.1 Å². The summed E-state index contributed by atoms with van der Waals surface area (Å²) >= 11 is 0. The molecule has 2 aromatic rings. The molecular formula is C17H19FN2O4S. The molecule has 0 saturated carbocycles.